The van der Waals surface area contributed by atoms with Crippen LogP contribution in [0.4, 0.5) is 11.4 Å². The Kier molecular flexibility index (Phi) is 5.72. The van der Waals surface area contributed by atoms with E-state index in [9.17, 15) is 4.79 Å². The fourth-order valence-corrected chi connectivity index (χ4v) is 2.75. The molecule has 128 valence electrons. The van der Waals surface area contributed by atoms with Gasteiger partial charge in [0, 0.05) is 35.8 Å². The van der Waals surface area contributed by atoms with E-state index in [0.717, 1.165) is 18.7 Å². The van der Waals surface area contributed by atoms with Gasteiger partial charge in [-0.15, -0.1) is 0 Å². The van der Waals surface area contributed by atoms with Crippen molar-refractivity contribution in [3.8, 4) is 11.8 Å². The summed E-state index contributed by atoms with van der Waals surface area (Å²) in [6.45, 7) is 11.5. The summed E-state index contributed by atoms with van der Waals surface area (Å²) in [5.41, 5.74) is 3.42. The summed E-state index contributed by atoms with van der Waals surface area (Å²) < 4.78 is 0. The van der Waals surface area contributed by atoms with E-state index in [2.05, 4.69) is 68.8 Å². The molecule has 24 heavy (non-hydrogen) atoms. The van der Waals surface area contributed by atoms with Crippen LogP contribution in [0.1, 0.15) is 46.6 Å². The molecule has 0 aromatic heterocycles. The van der Waals surface area contributed by atoms with Crippen molar-refractivity contribution < 1.29 is 4.79 Å². The van der Waals surface area contributed by atoms with Crippen LogP contribution in [-0.4, -0.2) is 18.5 Å². The summed E-state index contributed by atoms with van der Waals surface area (Å²) >= 11 is 0. The Bertz CT molecular complexity index is 684. The molecular formula is C21H28N2O. The van der Waals surface area contributed by atoms with Gasteiger partial charge in [0.25, 0.3) is 0 Å². The number of nitrogens with one attached hydrogen (secondary N) is 1. The normalized spacial score (nSPS) is 14.2. The SMILES string of the molecule is CC(C)N(C/C=C/C#CC(C)(C)C)c1cccc2c1CCC(=O)N2. The third-order valence-electron chi connectivity index (χ3n) is 3.91. The molecule has 0 bridgehead atoms. The fourth-order valence-electron chi connectivity index (χ4n) is 2.75. The summed E-state index contributed by atoms with van der Waals surface area (Å²) in [7, 11) is 0. The third-order valence-corrected chi connectivity index (χ3v) is 3.91. The van der Waals surface area contributed by atoms with E-state index in [4.69, 9.17) is 0 Å². The zero-order chi connectivity index (χ0) is 17.7. The molecule has 1 aromatic carbocycles. The van der Waals surface area contributed by atoms with Crippen molar-refractivity contribution in [1.82, 2.24) is 0 Å². The average Bonchev–Trinajstić information content (AvgIpc) is 2.48. The number of allylic oxidation sites excluding steroid dienone is 1. The van der Waals surface area contributed by atoms with Crippen LogP contribution in [0.2, 0.25) is 0 Å². The number of carbonyl (C=O) groups excluding carboxylic acids is 1. The van der Waals surface area contributed by atoms with E-state index in [1.54, 1.807) is 0 Å². The minimum absolute atomic E-state index is 0.0266. The van der Waals surface area contributed by atoms with Gasteiger partial charge in [0.15, 0.2) is 0 Å². The first-order chi connectivity index (χ1) is 11.3. The van der Waals surface area contributed by atoms with Gasteiger partial charge in [0.2, 0.25) is 5.91 Å². The van der Waals surface area contributed by atoms with Gasteiger partial charge < -0.3 is 10.2 Å². The first kappa shape index (κ1) is 18.1. The quantitative estimate of drug-likeness (QED) is 0.833. The summed E-state index contributed by atoms with van der Waals surface area (Å²) in [6, 6.07) is 6.51. The third kappa shape index (κ3) is 4.89. The molecule has 2 rings (SSSR count). The smallest absolute Gasteiger partial charge is 0.224 e. The highest BCUT2D eigenvalue weighted by atomic mass is 16.1. The van der Waals surface area contributed by atoms with Crippen LogP contribution in [0, 0.1) is 17.3 Å². The number of anilines is 2. The van der Waals surface area contributed by atoms with Crippen molar-refractivity contribution in [3.05, 3.63) is 35.9 Å². The van der Waals surface area contributed by atoms with Crippen LogP contribution in [0.15, 0.2) is 30.4 Å². The van der Waals surface area contributed by atoms with Gasteiger partial charge in [-0.2, -0.15) is 0 Å². The van der Waals surface area contributed by atoms with Crippen LogP contribution in [-0.2, 0) is 11.2 Å². The number of hydrogen-bond donors (Lipinski definition) is 1. The maximum absolute atomic E-state index is 11.6. The van der Waals surface area contributed by atoms with Gasteiger partial charge in [0.05, 0.1) is 0 Å². The molecule has 0 spiro atoms. The van der Waals surface area contributed by atoms with Gasteiger partial charge in [-0.05, 0) is 64.8 Å². The molecule has 1 aliphatic rings. The molecular weight excluding hydrogens is 296 g/mol. The fraction of sp³-hybridized carbons (Fsp3) is 0.476. The summed E-state index contributed by atoms with van der Waals surface area (Å²) in [6.07, 6.45) is 5.41. The lowest BCUT2D eigenvalue weighted by Gasteiger charge is -2.32. The lowest BCUT2D eigenvalue weighted by molar-refractivity contribution is -0.116. The highest BCUT2D eigenvalue weighted by Gasteiger charge is 2.21. The van der Waals surface area contributed by atoms with E-state index >= 15 is 0 Å². The minimum atomic E-state index is 0.0266. The molecule has 1 aromatic rings. The van der Waals surface area contributed by atoms with E-state index in [-0.39, 0.29) is 11.3 Å². The Hall–Kier alpha value is -2.21. The maximum Gasteiger partial charge on any atom is 0.224 e. The predicted molar refractivity (Wildman–Crippen MR) is 102 cm³/mol. The van der Waals surface area contributed by atoms with Gasteiger partial charge in [-0.1, -0.05) is 24.0 Å². The molecule has 1 amide bonds. The Morgan fingerprint density at radius 3 is 2.71 bits per heavy atom. The summed E-state index contributed by atoms with van der Waals surface area (Å²) in [4.78, 5) is 14.0. The maximum atomic E-state index is 11.6. The molecule has 0 radical (unpaired) electrons. The second-order valence-corrected chi connectivity index (χ2v) is 7.52. The van der Waals surface area contributed by atoms with Crippen molar-refractivity contribution in [3.63, 3.8) is 0 Å². The number of amides is 1. The standard InChI is InChI=1S/C21H28N2O/c1-16(2)23(15-8-6-7-14-21(3,4)5)19-11-9-10-18-17(19)12-13-20(24)22-18/h6,8-11,16H,12-13,15H2,1-5H3,(H,22,24)/b8-6+. The summed E-state index contributed by atoms with van der Waals surface area (Å²) in [5.74, 6) is 6.45. The van der Waals surface area contributed by atoms with Crippen LogP contribution in [0.25, 0.3) is 0 Å². The molecule has 1 heterocycles. The first-order valence-corrected chi connectivity index (χ1v) is 8.64. The van der Waals surface area contributed by atoms with Crippen molar-refractivity contribution in [1.29, 1.82) is 0 Å². The van der Waals surface area contributed by atoms with Crippen LogP contribution >= 0.6 is 0 Å². The number of benzene rings is 1. The highest BCUT2D eigenvalue weighted by Crippen LogP contribution is 2.32. The molecule has 0 saturated carbocycles. The zero-order valence-corrected chi connectivity index (χ0v) is 15.4. The molecule has 3 nitrogen and oxygen atoms in total. The Morgan fingerprint density at radius 1 is 1.29 bits per heavy atom. The lowest BCUT2D eigenvalue weighted by Crippen LogP contribution is -2.33. The van der Waals surface area contributed by atoms with Gasteiger partial charge in [-0.25, -0.2) is 0 Å². The Morgan fingerprint density at radius 2 is 2.04 bits per heavy atom. The minimum Gasteiger partial charge on any atom is -0.365 e. The first-order valence-electron chi connectivity index (χ1n) is 8.64. The number of fused-ring (bicyclic) bond motifs is 1. The molecule has 0 fully saturated rings. The number of carbonyl (C=O) groups is 1. The lowest BCUT2D eigenvalue weighted by atomic mass is 9.98. The van der Waals surface area contributed by atoms with Crippen molar-refractivity contribution >= 4 is 17.3 Å². The largest absolute Gasteiger partial charge is 0.365 e. The summed E-state index contributed by atoms with van der Waals surface area (Å²) in [5, 5.41) is 2.98. The second kappa shape index (κ2) is 7.57. The van der Waals surface area contributed by atoms with Crippen LogP contribution < -0.4 is 10.2 Å². The highest BCUT2D eigenvalue weighted by molar-refractivity contribution is 5.95. The monoisotopic (exact) mass is 324 g/mol. The van der Waals surface area contributed by atoms with Gasteiger partial charge in [0.1, 0.15) is 0 Å². The Labute approximate surface area is 146 Å². The molecule has 0 unspecified atom stereocenters. The molecule has 1 aliphatic heterocycles. The van der Waals surface area contributed by atoms with Crippen molar-refractivity contribution in [2.24, 2.45) is 5.41 Å². The predicted octanol–water partition coefficient (Wildman–Crippen LogP) is 4.39. The Balaban J connectivity index is 2.20. The second-order valence-electron chi connectivity index (χ2n) is 7.52. The van der Waals surface area contributed by atoms with E-state index in [1.807, 2.05) is 18.2 Å². The van der Waals surface area contributed by atoms with Crippen molar-refractivity contribution in [2.45, 2.75) is 53.5 Å². The van der Waals surface area contributed by atoms with Gasteiger partial charge in [-0.3, -0.25) is 4.79 Å². The van der Waals surface area contributed by atoms with Crippen molar-refractivity contribution in [2.75, 3.05) is 16.8 Å². The molecule has 1 N–H and O–H groups in total. The van der Waals surface area contributed by atoms with Crippen LogP contribution in [0.3, 0.4) is 0 Å². The van der Waals surface area contributed by atoms with Crippen LogP contribution in [0.5, 0.6) is 0 Å². The molecule has 0 aliphatic carbocycles. The molecule has 0 saturated heterocycles. The molecule has 3 heteroatoms. The molecule has 0 atom stereocenters. The van der Waals surface area contributed by atoms with E-state index in [0.29, 0.717) is 12.5 Å². The number of nitrogens with zero attached hydrogens (tertiary/aromatic N) is 1. The topological polar surface area (TPSA) is 32.3 Å². The zero-order valence-electron chi connectivity index (χ0n) is 15.4. The average molecular weight is 324 g/mol. The number of rotatable bonds is 4. The van der Waals surface area contributed by atoms with Gasteiger partial charge >= 0.3 is 0 Å². The van der Waals surface area contributed by atoms with E-state index < -0.39 is 0 Å². The van der Waals surface area contributed by atoms with E-state index in [1.165, 1.54) is 11.3 Å². The number of hydrogen-bond acceptors (Lipinski definition) is 2.